The molecule has 7 heteroatoms. The van der Waals surface area contributed by atoms with Gasteiger partial charge in [-0.1, -0.05) is 84.0 Å². The van der Waals surface area contributed by atoms with Crippen LogP contribution in [0.2, 0.25) is 0 Å². The third-order valence-electron chi connectivity index (χ3n) is 8.29. The molecule has 220 valence electrons. The molecule has 0 radical (unpaired) electrons. The van der Waals surface area contributed by atoms with Crippen molar-refractivity contribution in [2.45, 2.75) is 22.3 Å². The molecule has 5 aromatic carbocycles. The number of pyridine rings is 1. The molecule has 6 aromatic rings. The van der Waals surface area contributed by atoms with Gasteiger partial charge in [-0.05, 0) is 60.7 Å². The number of rotatable bonds is 6. The summed E-state index contributed by atoms with van der Waals surface area (Å²) in [7, 11) is 1.68. The minimum atomic E-state index is -0.961. The molecule has 0 aliphatic carbocycles. The maximum atomic E-state index is 6.70. The molecule has 6 nitrogen and oxygen atoms in total. The van der Waals surface area contributed by atoms with Crippen LogP contribution in [-0.2, 0) is 10.6 Å². The fourth-order valence-corrected chi connectivity index (χ4v) is 7.47. The van der Waals surface area contributed by atoms with E-state index in [4.69, 9.17) is 24.5 Å². The molecular weight excluding hydrogens is 579 g/mol. The second-order valence-electron chi connectivity index (χ2n) is 11.0. The van der Waals surface area contributed by atoms with Gasteiger partial charge in [0.05, 0.1) is 18.3 Å². The van der Waals surface area contributed by atoms with Gasteiger partial charge in [-0.3, -0.25) is 4.90 Å². The zero-order valence-corrected chi connectivity index (χ0v) is 25.4. The maximum absolute atomic E-state index is 6.70. The van der Waals surface area contributed by atoms with Gasteiger partial charge in [-0.25, -0.2) is 4.98 Å². The lowest BCUT2D eigenvalue weighted by molar-refractivity contribution is -0.0284. The quantitative estimate of drug-likeness (QED) is 0.188. The van der Waals surface area contributed by atoms with E-state index in [0.717, 1.165) is 55.5 Å². The Labute approximate surface area is 265 Å². The van der Waals surface area contributed by atoms with Crippen LogP contribution in [-0.4, -0.2) is 17.9 Å². The van der Waals surface area contributed by atoms with Crippen LogP contribution in [0.4, 0.5) is 5.69 Å². The Morgan fingerprint density at radius 2 is 1.49 bits per heavy atom. The second kappa shape index (κ2) is 11.3. The van der Waals surface area contributed by atoms with E-state index >= 15 is 0 Å². The number of amidine groups is 1. The summed E-state index contributed by atoms with van der Waals surface area (Å²) in [4.78, 5) is 15.1. The van der Waals surface area contributed by atoms with Crippen LogP contribution in [0.3, 0.4) is 0 Å². The molecule has 2 aliphatic rings. The van der Waals surface area contributed by atoms with Gasteiger partial charge in [0.15, 0.2) is 5.84 Å². The Morgan fingerprint density at radius 3 is 2.29 bits per heavy atom. The van der Waals surface area contributed by atoms with Crippen molar-refractivity contribution >= 4 is 34.2 Å². The molecule has 0 fully saturated rings. The van der Waals surface area contributed by atoms with E-state index in [-0.39, 0.29) is 5.25 Å². The van der Waals surface area contributed by atoms with Gasteiger partial charge in [0.1, 0.15) is 11.5 Å². The number of hydrogen-bond acceptors (Lipinski definition) is 7. The van der Waals surface area contributed by atoms with Crippen molar-refractivity contribution in [3.8, 4) is 17.4 Å². The number of para-hydroxylation sites is 3. The van der Waals surface area contributed by atoms with Crippen molar-refractivity contribution in [3.63, 3.8) is 0 Å². The zero-order valence-electron chi connectivity index (χ0n) is 24.5. The standard InChI is InChI=1S/C38H29N3O3S/c1-42-29-22-20-28(21-23-29)38-25-35(31-24-27-14-8-9-17-32(27)39-37(31)43-30-15-6-3-7-16-30)45-34-19-11-10-18-33(34)41(38)36(40-44-38)26-12-4-2-5-13-26/h2-24,35H,25H2,1H3. The first-order valence-corrected chi connectivity index (χ1v) is 15.7. The van der Waals surface area contributed by atoms with Crippen LogP contribution < -0.4 is 14.4 Å². The largest absolute Gasteiger partial charge is 0.497 e. The van der Waals surface area contributed by atoms with Crippen LogP contribution in [0, 0.1) is 0 Å². The minimum Gasteiger partial charge on any atom is -0.497 e. The van der Waals surface area contributed by atoms with Crippen molar-refractivity contribution in [2.24, 2.45) is 5.16 Å². The molecule has 1 aromatic heterocycles. The van der Waals surface area contributed by atoms with E-state index in [0.29, 0.717) is 12.3 Å². The normalized spacial score (nSPS) is 18.7. The Morgan fingerprint density at radius 1 is 0.778 bits per heavy atom. The molecule has 3 heterocycles. The monoisotopic (exact) mass is 607 g/mol. The number of methoxy groups -OCH3 is 1. The van der Waals surface area contributed by atoms with E-state index in [1.807, 2.05) is 78.9 Å². The highest BCUT2D eigenvalue weighted by molar-refractivity contribution is 7.99. The summed E-state index contributed by atoms with van der Waals surface area (Å²) in [6.45, 7) is 0. The lowest BCUT2D eigenvalue weighted by atomic mass is 9.91. The summed E-state index contributed by atoms with van der Waals surface area (Å²) >= 11 is 1.80. The van der Waals surface area contributed by atoms with Crippen LogP contribution in [0.1, 0.15) is 28.4 Å². The highest BCUT2D eigenvalue weighted by Crippen LogP contribution is 2.57. The van der Waals surface area contributed by atoms with Crippen LogP contribution >= 0.6 is 11.8 Å². The van der Waals surface area contributed by atoms with E-state index in [1.165, 1.54) is 0 Å². The van der Waals surface area contributed by atoms with Crippen molar-refractivity contribution in [3.05, 3.63) is 156 Å². The topological polar surface area (TPSA) is 56.2 Å². The Balaban J connectivity index is 1.34. The number of anilines is 1. The number of fused-ring (bicyclic) bond motifs is 4. The number of nitrogens with zero attached hydrogens (tertiary/aromatic N) is 3. The molecule has 0 amide bonds. The highest BCUT2D eigenvalue weighted by Gasteiger charge is 2.53. The smallest absolute Gasteiger partial charge is 0.242 e. The van der Waals surface area contributed by atoms with Gasteiger partial charge in [-0.2, -0.15) is 0 Å². The molecule has 45 heavy (non-hydrogen) atoms. The maximum Gasteiger partial charge on any atom is 0.242 e. The summed E-state index contributed by atoms with van der Waals surface area (Å²) in [6.07, 6.45) is 0.559. The fourth-order valence-electron chi connectivity index (χ4n) is 6.12. The molecule has 2 unspecified atom stereocenters. The van der Waals surface area contributed by atoms with E-state index in [9.17, 15) is 0 Å². The van der Waals surface area contributed by atoms with Gasteiger partial charge in [0.25, 0.3) is 0 Å². The summed E-state index contributed by atoms with van der Waals surface area (Å²) in [6, 6.07) is 47.0. The van der Waals surface area contributed by atoms with Crippen molar-refractivity contribution < 1.29 is 14.3 Å². The van der Waals surface area contributed by atoms with Gasteiger partial charge in [0, 0.05) is 38.6 Å². The average molecular weight is 608 g/mol. The number of oxime groups is 1. The van der Waals surface area contributed by atoms with Gasteiger partial charge in [-0.15, -0.1) is 11.8 Å². The lowest BCUT2D eigenvalue weighted by Crippen LogP contribution is -2.47. The summed E-state index contributed by atoms with van der Waals surface area (Å²) in [5.74, 6) is 2.85. The fraction of sp³-hybridized carbons (Fsp3) is 0.105. The predicted molar refractivity (Wildman–Crippen MR) is 179 cm³/mol. The average Bonchev–Trinajstić information content (AvgIpc) is 3.41. The molecule has 0 saturated carbocycles. The van der Waals surface area contributed by atoms with Crippen molar-refractivity contribution in [1.29, 1.82) is 0 Å². The Kier molecular flexibility index (Phi) is 6.88. The molecule has 0 bridgehead atoms. The third-order valence-corrected chi connectivity index (χ3v) is 9.59. The van der Waals surface area contributed by atoms with Gasteiger partial charge in [0.2, 0.25) is 11.6 Å². The van der Waals surface area contributed by atoms with Crippen LogP contribution in [0.5, 0.6) is 17.4 Å². The van der Waals surface area contributed by atoms with E-state index in [2.05, 4.69) is 65.6 Å². The summed E-state index contributed by atoms with van der Waals surface area (Å²) < 4.78 is 12.1. The highest BCUT2D eigenvalue weighted by atomic mass is 32.2. The first-order chi connectivity index (χ1) is 22.2. The Hall–Kier alpha value is -5.27. The summed E-state index contributed by atoms with van der Waals surface area (Å²) in [5.41, 5.74) is 3.89. The SMILES string of the molecule is COc1ccc(C23CC(c4cc5ccccc5nc4Oc4ccccc4)Sc4ccccc4N2C(c2ccccc2)=NO3)cc1. The number of benzene rings is 5. The first kappa shape index (κ1) is 27.3. The van der Waals surface area contributed by atoms with Gasteiger partial charge >= 0.3 is 0 Å². The molecule has 0 spiro atoms. The molecule has 2 atom stereocenters. The van der Waals surface area contributed by atoms with Crippen molar-refractivity contribution in [2.75, 3.05) is 12.0 Å². The third kappa shape index (κ3) is 4.86. The molecular formula is C38H29N3O3S. The zero-order chi connectivity index (χ0) is 30.2. The number of aromatic nitrogens is 1. The van der Waals surface area contributed by atoms with Crippen LogP contribution in [0.25, 0.3) is 10.9 Å². The molecule has 8 rings (SSSR count). The van der Waals surface area contributed by atoms with E-state index in [1.54, 1.807) is 18.9 Å². The van der Waals surface area contributed by atoms with Gasteiger partial charge < -0.3 is 14.3 Å². The molecule has 0 saturated heterocycles. The lowest BCUT2D eigenvalue weighted by Gasteiger charge is -2.38. The second-order valence-corrected chi connectivity index (χ2v) is 12.2. The van der Waals surface area contributed by atoms with Crippen LogP contribution in [0.15, 0.2) is 150 Å². The predicted octanol–water partition coefficient (Wildman–Crippen LogP) is 9.32. The number of ether oxygens (including phenoxy) is 2. The Bertz CT molecular complexity index is 2020. The number of hydrogen-bond donors (Lipinski definition) is 0. The minimum absolute atomic E-state index is 0.112. The van der Waals surface area contributed by atoms with Crippen molar-refractivity contribution in [1.82, 2.24) is 4.98 Å². The molecule has 2 aliphatic heterocycles. The summed E-state index contributed by atoms with van der Waals surface area (Å²) in [5, 5.41) is 5.74. The first-order valence-electron chi connectivity index (χ1n) is 14.9. The number of thioether (sulfide) groups is 1. The van der Waals surface area contributed by atoms with E-state index < -0.39 is 5.72 Å². The molecule has 0 N–H and O–H groups in total.